The fraction of sp³-hybridized carbons (Fsp3) is 0.0312. The van der Waals surface area contributed by atoms with Crippen LogP contribution in [0.5, 0.6) is 0 Å². The molecule has 6 rings (SSSR count). The fourth-order valence-electron chi connectivity index (χ4n) is 4.96. The van der Waals surface area contributed by atoms with E-state index < -0.39 is 0 Å². The molecule has 34 heavy (non-hydrogen) atoms. The van der Waals surface area contributed by atoms with Gasteiger partial charge in [0, 0.05) is 21.5 Å². The minimum atomic E-state index is 0.0233. The van der Waals surface area contributed by atoms with Crippen LogP contribution in [0.4, 0.5) is 0 Å². The standard InChI is InChI=1S/C32H23NO/c1-3-4-6-11-21(2)24-19-28-25-14-9-10-15-26(25)32(34)33-30-17-16-23(22-12-7-5-8-13-22)18-27(30)29(20-24)31(28)33/h3-20H,2H2,1H3/b4-3-,11-6-. The first-order valence-electron chi connectivity index (χ1n) is 11.5. The van der Waals surface area contributed by atoms with Gasteiger partial charge in [-0.2, -0.15) is 0 Å². The van der Waals surface area contributed by atoms with Gasteiger partial charge in [-0.3, -0.25) is 9.20 Å². The summed E-state index contributed by atoms with van der Waals surface area (Å²) >= 11 is 0. The van der Waals surface area contributed by atoms with Gasteiger partial charge in [0.05, 0.1) is 11.0 Å². The number of aromatic nitrogens is 1. The third kappa shape index (κ3) is 3.00. The van der Waals surface area contributed by atoms with E-state index in [1.807, 2.05) is 66.0 Å². The van der Waals surface area contributed by atoms with Crippen LogP contribution in [-0.4, -0.2) is 4.40 Å². The molecule has 0 N–H and O–H groups in total. The van der Waals surface area contributed by atoms with Crippen LogP contribution in [0, 0.1) is 0 Å². The Morgan fingerprint density at radius 3 is 2.21 bits per heavy atom. The summed E-state index contributed by atoms with van der Waals surface area (Å²) in [5, 5.41) is 4.92. The maximum absolute atomic E-state index is 13.6. The quantitative estimate of drug-likeness (QED) is 0.202. The Morgan fingerprint density at radius 2 is 1.44 bits per heavy atom. The monoisotopic (exact) mass is 437 g/mol. The van der Waals surface area contributed by atoms with Gasteiger partial charge in [-0.1, -0.05) is 85.5 Å². The van der Waals surface area contributed by atoms with Crippen LogP contribution in [0.15, 0.2) is 121 Å². The second-order valence-electron chi connectivity index (χ2n) is 8.61. The molecule has 0 unspecified atom stereocenters. The zero-order valence-electron chi connectivity index (χ0n) is 19.0. The lowest BCUT2D eigenvalue weighted by atomic mass is 9.97. The third-order valence-corrected chi connectivity index (χ3v) is 6.59. The number of hydrogen-bond acceptors (Lipinski definition) is 1. The average molecular weight is 438 g/mol. The van der Waals surface area contributed by atoms with Crippen molar-refractivity contribution < 1.29 is 0 Å². The highest BCUT2D eigenvalue weighted by Gasteiger charge is 2.18. The molecule has 0 aliphatic heterocycles. The summed E-state index contributed by atoms with van der Waals surface area (Å²) in [5.74, 6) is 0. The molecule has 0 atom stereocenters. The zero-order chi connectivity index (χ0) is 23.2. The molecule has 0 amide bonds. The molecular formula is C32H23NO. The van der Waals surface area contributed by atoms with Crippen LogP contribution in [0.2, 0.25) is 0 Å². The topological polar surface area (TPSA) is 21.5 Å². The first kappa shape index (κ1) is 20.2. The summed E-state index contributed by atoms with van der Waals surface area (Å²) in [5.41, 5.74) is 6.21. The third-order valence-electron chi connectivity index (χ3n) is 6.59. The van der Waals surface area contributed by atoms with E-state index in [0.29, 0.717) is 0 Å². The van der Waals surface area contributed by atoms with Gasteiger partial charge >= 0.3 is 0 Å². The molecule has 0 bridgehead atoms. The van der Waals surface area contributed by atoms with E-state index in [0.717, 1.165) is 60.2 Å². The summed E-state index contributed by atoms with van der Waals surface area (Å²) in [6.45, 7) is 6.32. The Bertz CT molecular complexity index is 1830. The molecule has 4 aromatic carbocycles. The van der Waals surface area contributed by atoms with Gasteiger partial charge < -0.3 is 0 Å². The van der Waals surface area contributed by atoms with Crippen LogP contribution >= 0.6 is 0 Å². The molecule has 162 valence electrons. The average Bonchev–Trinajstić information content (AvgIpc) is 3.22. The van der Waals surface area contributed by atoms with Crippen molar-refractivity contribution in [1.82, 2.24) is 4.40 Å². The van der Waals surface area contributed by atoms with Crippen LogP contribution in [-0.2, 0) is 0 Å². The molecule has 0 aliphatic rings. The van der Waals surface area contributed by atoms with E-state index in [-0.39, 0.29) is 5.56 Å². The predicted molar refractivity (Wildman–Crippen MR) is 146 cm³/mol. The maximum atomic E-state index is 13.6. The summed E-state index contributed by atoms with van der Waals surface area (Å²) in [7, 11) is 0. The molecule has 0 aliphatic carbocycles. The molecule has 0 saturated carbocycles. The van der Waals surface area contributed by atoms with Gasteiger partial charge in [-0.05, 0) is 64.9 Å². The van der Waals surface area contributed by atoms with Crippen molar-refractivity contribution in [1.29, 1.82) is 0 Å². The Hall–Kier alpha value is -4.43. The van der Waals surface area contributed by atoms with Crippen molar-refractivity contribution in [2.24, 2.45) is 0 Å². The van der Waals surface area contributed by atoms with E-state index in [1.54, 1.807) is 0 Å². The fourth-order valence-corrected chi connectivity index (χ4v) is 4.96. The second kappa shape index (κ2) is 7.86. The van der Waals surface area contributed by atoms with Crippen LogP contribution < -0.4 is 5.56 Å². The van der Waals surface area contributed by atoms with Crippen molar-refractivity contribution in [3.05, 3.63) is 132 Å². The number of hydrogen-bond donors (Lipinski definition) is 0. The SMILES string of the molecule is C=C(/C=C\C=C/C)c1cc2c3ccccc3c(=O)n3c4ccc(-c5ccccc5)cc4c(c1)c23. The molecule has 2 heteroatoms. The molecule has 2 nitrogen and oxygen atoms in total. The Labute approximate surface area is 197 Å². The van der Waals surface area contributed by atoms with Crippen molar-refractivity contribution in [2.75, 3.05) is 0 Å². The van der Waals surface area contributed by atoms with Gasteiger partial charge in [-0.15, -0.1) is 0 Å². The van der Waals surface area contributed by atoms with E-state index in [4.69, 9.17) is 0 Å². The summed E-state index contributed by atoms with van der Waals surface area (Å²) in [4.78, 5) is 13.6. The minimum absolute atomic E-state index is 0.0233. The number of allylic oxidation sites excluding steroid dienone is 5. The number of fused-ring (bicyclic) bond motifs is 5. The highest BCUT2D eigenvalue weighted by Crippen LogP contribution is 2.38. The molecular weight excluding hydrogens is 414 g/mol. The lowest BCUT2D eigenvalue weighted by Gasteiger charge is -2.09. The molecule has 0 saturated heterocycles. The molecule has 6 aromatic rings. The Kier molecular flexibility index (Phi) is 4.67. The molecule has 2 aromatic heterocycles. The number of benzene rings is 4. The van der Waals surface area contributed by atoms with Gasteiger partial charge in [-0.25, -0.2) is 0 Å². The number of rotatable bonds is 4. The first-order chi connectivity index (χ1) is 16.7. The summed E-state index contributed by atoms with van der Waals surface area (Å²) in [6.07, 6.45) is 8.03. The van der Waals surface area contributed by atoms with Crippen LogP contribution in [0.3, 0.4) is 0 Å². The summed E-state index contributed by atoms with van der Waals surface area (Å²) in [6, 6.07) is 29.0. The van der Waals surface area contributed by atoms with Gasteiger partial charge in [0.15, 0.2) is 0 Å². The largest absolute Gasteiger partial charge is 0.275 e. The van der Waals surface area contributed by atoms with Crippen molar-refractivity contribution >= 4 is 43.5 Å². The Balaban J connectivity index is 1.77. The van der Waals surface area contributed by atoms with Crippen molar-refractivity contribution in [3.8, 4) is 11.1 Å². The van der Waals surface area contributed by atoms with Crippen molar-refractivity contribution in [2.45, 2.75) is 6.92 Å². The lowest BCUT2D eigenvalue weighted by Crippen LogP contribution is -2.12. The van der Waals surface area contributed by atoms with Gasteiger partial charge in [0.1, 0.15) is 0 Å². The lowest BCUT2D eigenvalue weighted by molar-refractivity contribution is 1.21. The molecule has 2 heterocycles. The Morgan fingerprint density at radius 1 is 0.735 bits per heavy atom. The number of nitrogens with zero attached hydrogens (tertiary/aromatic N) is 1. The number of pyridine rings is 1. The summed E-state index contributed by atoms with van der Waals surface area (Å²) < 4.78 is 1.89. The molecule has 0 spiro atoms. The van der Waals surface area contributed by atoms with E-state index in [9.17, 15) is 4.79 Å². The van der Waals surface area contributed by atoms with E-state index >= 15 is 0 Å². The van der Waals surface area contributed by atoms with Gasteiger partial charge in [0.25, 0.3) is 5.56 Å². The van der Waals surface area contributed by atoms with Crippen LogP contribution in [0.1, 0.15) is 12.5 Å². The second-order valence-corrected chi connectivity index (χ2v) is 8.61. The first-order valence-corrected chi connectivity index (χ1v) is 11.5. The molecule has 0 fully saturated rings. The van der Waals surface area contributed by atoms with E-state index in [2.05, 4.69) is 61.2 Å². The van der Waals surface area contributed by atoms with Gasteiger partial charge in [0.2, 0.25) is 0 Å². The highest BCUT2D eigenvalue weighted by atomic mass is 16.1. The molecule has 0 radical (unpaired) electrons. The normalized spacial score (nSPS) is 12.3. The highest BCUT2D eigenvalue weighted by molar-refractivity contribution is 6.21. The predicted octanol–water partition coefficient (Wildman–Crippen LogP) is 8.01. The van der Waals surface area contributed by atoms with Crippen molar-refractivity contribution in [3.63, 3.8) is 0 Å². The maximum Gasteiger partial charge on any atom is 0.263 e. The van der Waals surface area contributed by atoms with Crippen LogP contribution in [0.25, 0.3) is 54.7 Å². The smallest absolute Gasteiger partial charge is 0.263 e. The van der Waals surface area contributed by atoms with E-state index in [1.165, 1.54) is 0 Å². The minimum Gasteiger partial charge on any atom is -0.275 e. The zero-order valence-corrected chi connectivity index (χ0v) is 19.0.